The van der Waals surface area contributed by atoms with Crippen LogP contribution in [0.25, 0.3) is 6.08 Å². The van der Waals surface area contributed by atoms with Crippen molar-refractivity contribution in [2.24, 2.45) is 11.3 Å². The first-order valence-corrected chi connectivity index (χ1v) is 13.1. The van der Waals surface area contributed by atoms with Gasteiger partial charge in [0.15, 0.2) is 0 Å². The number of nitrogens with zero attached hydrogens (tertiary/aromatic N) is 1. The van der Waals surface area contributed by atoms with Gasteiger partial charge in [-0.1, -0.05) is 27.2 Å². The van der Waals surface area contributed by atoms with E-state index in [4.69, 9.17) is 9.47 Å². The summed E-state index contributed by atoms with van der Waals surface area (Å²) in [5.41, 5.74) is 0.218. The lowest BCUT2D eigenvalue weighted by Gasteiger charge is -2.31. The predicted molar refractivity (Wildman–Crippen MR) is 131 cm³/mol. The number of epoxide rings is 1. The van der Waals surface area contributed by atoms with Gasteiger partial charge in [-0.05, 0) is 51.2 Å². The van der Waals surface area contributed by atoms with Gasteiger partial charge in [-0.3, -0.25) is 9.59 Å². The van der Waals surface area contributed by atoms with Crippen molar-refractivity contribution in [2.45, 2.75) is 110 Å². The summed E-state index contributed by atoms with van der Waals surface area (Å²) in [6.45, 7) is 11.1. The molecule has 2 aliphatic heterocycles. The van der Waals surface area contributed by atoms with E-state index in [1.165, 1.54) is 0 Å². The number of hydrogen-bond donors (Lipinski definition) is 2. The van der Waals surface area contributed by atoms with E-state index in [1.807, 2.05) is 32.2 Å². The summed E-state index contributed by atoms with van der Waals surface area (Å²) in [5, 5.41) is 24.2. The second-order valence-corrected chi connectivity index (χ2v) is 11.9. The van der Waals surface area contributed by atoms with E-state index in [-0.39, 0.29) is 36.2 Å². The molecule has 7 nitrogen and oxygen atoms in total. The van der Waals surface area contributed by atoms with Crippen LogP contribution in [0.3, 0.4) is 0 Å². The third-order valence-corrected chi connectivity index (χ3v) is 8.34. The van der Waals surface area contributed by atoms with Gasteiger partial charge in [0.1, 0.15) is 11.9 Å². The molecule has 2 fully saturated rings. The van der Waals surface area contributed by atoms with Crippen molar-refractivity contribution in [3.8, 4) is 0 Å². The number of ether oxygens (including phenoxy) is 2. The van der Waals surface area contributed by atoms with Crippen molar-refractivity contribution >= 4 is 29.2 Å². The Morgan fingerprint density at radius 1 is 1.24 bits per heavy atom. The lowest BCUT2D eigenvalue weighted by molar-refractivity contribution is -0.153. The van der Waals surface area contributed by atoms with Gasteiger partial charge in [-0.2, -0.15) is 0 Å². The number of rotatable bonds is 2. The molecule has 2 aliphatic rings. The third-order valence-electron chi connectivity index (χ3n) is 7.55. The Bertz CT molecular complexity index is 924. The van der Waals surface area contributed by atoms with Crippen LogP contribution in [0.4, 0.5) is 0 Å². The molecule has 0 radical (unpaired) electrons. The second-order valence-electron chi connectivity index (χ2n) is 10.8. The van der Waals surface area contributed by atoms with Crippen molar-refractivity contribution in [1.82, 2.24) is 4.98 Å². The van der Waals surface area contributed by atoms with Crippen LogP contribution in [-0.4, -0.2) is 57.0 Å². The van der Waals surface area contributed by atoms with Gasteiger partial charge in [0, 0.05) is 23.6 Å². The maximum atomic E-state index is 12.9. The molecular formula is C26H39NO6S. The monoisotopic (exact) mass is 493 g/mol. The number of aliphatic hydroxyl groups excluding tert-OH is 2. The Morgan fingerprint density at radius 2 is 1.94 bits per heavy atom. The minimum Gasteiger partial charge on any atom is -0.458 e. The number of hydrogen-bond acceptors (Lipinski definition) is 8. The molecule has 0 aromatic carbocycles. The fourth-order valence-electron chi connectivity index (χ4n) is 4.53. The molecule has 190 valence electrons. The zero-order valence-electron chi connectivity index (χ0n) is 21.2. The summed E-state index contributed by atoms with van der Waals surface area (Å²) in [6, 6.07) is 0. The van der Waals surface area contributed by atoms with Crippen LogP contribution in [0.15, 0.2) is 11.0 Å². The standard InChI is InChI=1S/C26H39NO6S/c1-15-8-7-9-26(6)23(33-26)12-20(16(2)10-18-14-34-17(3)27-18)32-24(31)13-22(30)25(4,5)21(29)11-19(15)28/h10,14-15,19-20,22-23,28,30H,7-9,11-13H2,1-6H3/b16-10+/t15-,19+,20-,22-,23-,26+/m0/s1. The Kier molecular flexibility index (Phi) is 8.38. The highest BCUT2D eigenvalue weighted by Gasteiger charge is 2.52. The number of esters is 1. The Labute approximate surface area is 206 Å². The number of fused-ring (bicyclic) bond motifs is 1. The molecule has 1 aromatic rings. The second kappa shape index (κ2) is 10.6. The maximum absolute atomic E-state index is 12.9. The normalized spacial score (nSPS) is 36.0. The summed E-state index contributed by atoms with van der Waals surface area (Å²) in [5.74, 6) is -0.873. The molecule has 0 aliphatic carbocycles. The van der Waals surface area contributed by atoms with Crippen LogP contribution in [-0.2, 0) is 19.1 Å². The highest BCUT2D eigenvalue weighted by atomic mass is 32.1. The number of ketones is 1. The number of aromatic nitrogens is 1. The van der Waals surface area contributed by atoms with Crippen molar-refractivity contribution < 1.29 is 29.3 Å². The molecule has 3 rings (SSSR count). The topological polar surface area (TPSA) is 109 Å². The van der Waals surface area contributed by atoms with Gasteiger partial charge in [-0.25, -0.2) is 4.98 Å². The molecule has 6 atom stereocenters. The first-order valence-electron chi connectivity index (χ1n) is 12.2. The minimum absolute atomic E-state index is 0.0399. The van der Waals surface area contributed by atoms with Gasteiger partial charge in [0.05, 0.1) is 41.0 Å². The van der Waals surface area contributed by atoms with Crippen molar-refractivity contribution in [3.63, 3.8) is 0 Å². The zero-order chi connectivity index (χ0) is 25.3. The molecule has 0 amide bonds. The number of carbonyl (C=O) groups is 2. The van der Waals surface area contributed by atoms with Crippen LogP contribution in [0, 0.1) is 18.3 Å². The molecule has 0 saturated carbocycles. The number of carbonyl (C=O) groups excluding carboxylic acids is 2. The lowest BCUT2D eigenvalue weighted by atomic mass is 9.77. The molecule has 2 saturated heterocycles. The van der Waals surface area contributed by atoms with Crippen LogP contribution < -0.4 is 0 Å². The first-order chi connectivity index (χ1) is 15.8. The SMILES string of the molecule is C/C(=C\c1csc(C)n1)[C@@H]1C[C@@H]2O[C@]2(C)CCC[C@H](C)[C@H](O)CC(=O)C(C)(C)[C@@H](O)CC(=O)O1. The molecular weight excluding hydrogens is 454 g/mol. The van der Waals surface area contributed by atoms with E-state index < -0.39 is 29.7 Å². The average Bonchev–Trinajstić information content (AvgIpc) is 3.18. The number of aliphatic hydroxyl groups is 2. The molecule has 1 aromatic heterocycles. The Balaban J connectivity index is 1.83. The smallest absolute Gasteiger partial charge is 0.309 e. The molecule has 8 heteroatoms. The summed E-state index contributed by atoms with van der Waals surface area (Å²) in [6.07, 6.45) is 2.03. The number of thiazole rings is 1. The highest BCUT2D eigenvalue weighted by Crippen LogP contribution is 2.45. The van der Waals surface area contributed by atoms with Crippen molar-refractivity contribution in [2.75, 3.05) is 0 Å². The van der Waals surface area contributed by atoms with Crippen LogP contribution >= 0.6 is 11.3 Å². The molecule has 34 heavy (non-hydrogen) atoms. The van der Waals surface area contributed by atoms with Crippen LogP contribution in [0.1, 0.15) is 83.8 Å². The van der Waals surface area contributed by atoms with E-state index in [2.05, 4.69) is 11.9 Å². The van der Waals surface area contributed by atoms with Gasteiger partial charge in [0.25, 0.3) is 0 Å². The highest BCUT2D eigenvalue weighted by molar-refractivity contribution is 7.09. The number of Topliss-reactive ketones (excluding diaryl/α,β-unsaturated/α-hetero) is 1. The molecule has 0 bridgehead atoms. The van der Waals surface area contributed by atoms with Gasteiger partial charge in [0.2, 0.25) is 0 Å². The number of cyclic esters (lactones) is 1. The first kappa shape index (κ1) is 27.0. The zero-order valence-corrected chi connectivity index (χ0v) is 22.0. The minimum atomic E-state index is -1.21. The third kappa shape index (κ3) is 6.53. The predicted octanol–water partition coefficient (Wildman–Crippen LogP) is 4.23. The maximum Gasteiger partial charge on any atom is 0.309 e. The molecule has 0 spiro atoms. The average molecular weight is 494 g/mol. The molecule has 0 unspecified atom stereocenters. The van der Waals surface area contributed by atoms with E-state index in [9.17, 15) is 19.8 Å². The fraction of sp³-hybridized carbons (Fsp3) is 0.731. The van der Waals surface area contributed by atoms with E-state index in [1.54, 1.807) is 25.2 Å². The number of aryl methyl sites for hydroxylation is 1. The molecule has 3 heterocycles. The van der Waals surface area contributed by atoms with E-state index >= 15 is 0 Å². The molecule has 2 N–H and O–H groups in total. The van der Waals surface area contributed by atoms with Gasteiger partial charge < -0.3 is 19.7 Å². The fourth-order valence-corrected chi connectivity index (χ4v) is 5.10. The summed E-state index contributed by atoms with van der Waals surface area (Å²) < 4.78 is 11.9. The summed E-state index contributed by atoms with van der Waals surface area (Å²) in [7, 11) is 0. The van der Waals surface area contributed by atoms with Crippen molar-refractivity contribution in [3.05, 3.63) is 21.7 Å². The van der Waals surface area contributed by atoms with Crippen LogP contribution in [0.2, 0.25) is 0 Å². The largest absolute Gasteiger partial charge is 0.458 e. The summed E-state index contributed by atoms with van der Waals surface area (Å²) in [4.78, 5) is 30.2. The quantitative estimate of drug-likeness (QED) is 0.469. The Hall–Kier alpha value is -1.61. The van der Waals surface area contributed by atoms with Gasteiger partial charge >= 0.3 is 5.97 Å². The van der Waals surface area contributed by atoms with Gasteiger partial charge in [-0.15, -0.1) is 11.3 Å². The lowest BCUT2D eigenvalue weighted by Crippen LogP contribution is -2.41. The Morgan fingerprint density at radius 3 is 2.59 bits per heavy atom. The van der Waals surface area contributed by atoms with E-state index in [0.29, 0.717) is 6.42 Å². The van der Waals surface area contributed by atoms with E-state index in [0.717, 1.165) is 35.5 Å². The van der Waals surface area contributed by atoms with Crippen LogP contribution in [0.5, 0.6) is 0 Å². The summed E-state index contributed by atoms with van der Waals surface area (Å²) >= 11 is 1.56. The van der Waals surface area contributed by atoms with Crippen molar-refractivity contribution in [1.29, 1.82) is 0 Å².